The van der Waals surface area contributed by atoms with E-state index < -0.39 is 21.7 Å². The van der Waals surface area contributed by atoms with Gasteiger partial charge in [-0.3, -0.25) is 14.3 Å². The van der Waals surface area contributed by atoms with Gasteiger partial charge in [0, 0.05) is 54.1 Å². The van der Waals surface area contributed by atoms with Crippen molar-refractivity contribution in [2.75, 3.05) is 19.8 Å². The molecular weight excluding hydrogens is 737 g/mol. The third kappa shape index (κ3) is 10.8. The van der Waals surface area contributed by atoms with E-state index in [1.54, 1.807) is 21.7 Å². The van der Waals surface area contributed by atoms with Gasteiger partial charge in [0.25, 0.3) is 5.56 Å². The minimum atomic E-state index is -1.28. The number of rotatable bonds is 15. The van der Waals surface area contributed by atoms with E-state index in [9.17, 15) is 9.59 Å². The summed E-state index contributed by atoms with van der Waals surface area (Å²) in [5, 5.41) is 0. The zero-order chi connectivity index (χ0) is 40.3. The maximum Gasteiger partial charge on any atom is 0.410 e. The van der Waals surface area contributed by atoms with Crippen molar-refractivity contribution >= 4 is 22.2 Å². The highest BCUT2D eigenvalue weighted by atomic mass is 28.3. The van der Waals surface area contributed by atoms with Crippen molar-refractivity contribution in [3.05, 3.63) is 77.0 Å². The first-order valence-electron chi connectivity index (χ1n) is 20.6. The largest absolute Gasteiger partial charge is 0.444 e. The SMILES string of the molecule is CC(C)(C)OC(=O)N1CCC[C@H]1c1nc(-n2ccc(-c3ccc(-c4cnc(C5CCCC5)n4COCC[Si](C)(C)C)cc3)cc2=O)cn1COCC[Si](C)(C)C. The number of likely N-dealkylation sites (tertiary alicyclic amines) is 1. The van der Waals surface area contributed by atoms with Crippen LogP contribution in [0.2, 0.25) is 51.4 Å². The molecule has 4 heterocycles. The Bertz CT molecular complexity index is 1990. The molecule has 1 aliphatic carbocycles. The van der Waals surface area contributed by atoms with Crippen LogP contribution in [-0.4, -0.2) is 76.2 Å². The van der Waals surface area contributed by atoms with Crippen LogP contribution in [0.4, 0.5) is 4.79 Å². The van der Waals surface area contributed by atoms with Gasteiger partial charge < -0.3 is 23.3 Å². The van der Waals surface area contributed by atoms with Crippen LogP contribution in [0.1, 0.15) is 82.9 Å². The number of ether oxygens (including phenoxy) is 3. The van der Waals surface area contributed by atoms with Crippen molar-refractivity contribution in [3.63, 3.8) is 0 Å². The number of aromatic nitrogens is 5. The monoisotopic (exact) mass is 800 g/mol. The first kappa shape index (κ1) is 41.8. The molecule has 1 amide bonds. The topological polar surface area (TPSA) is 106 Å². The maximum absolute atomic E-state index is 13.8. The molecule has 0 bridgehead atoms. The quantitative estimate of drug-likeness (QED) is 0.0871. The van der Waals surface area contributed by atoms with Crippen LogP contribution in [-0.2, 0) is 27.7 Å². The van der Waals surface area contributed by atoms with E-state index in [2.05, 4.69) is 68.1 Å². The Kier molecular flexibility index (Phi) is 13.0. The minimum absolute atomic E-state index is 0.187. The predicted octanol–water partition coefficient (Wildman–Crippen LogP) is 9.92. The summed E-state index contributed by atoms with van der Waals surface area (Å²) in [7, 11) is -2.48. The summed E-state index contributed by atoms with van der Waals surface area (Å²) < 4.78 is 24.0. The van der Waals surface area contributed by atoms with E-state index >= 15 is 0 Å². The molecule has 0 unspecified atom stereocenters. The van der Waals surface area contributed by atoms with Gasteiger partial charge in [-0.25, -0.2) is 14.8 Å². The van der Waals surface area contributed by atoms with Crippen molar-refractivity contribution in [1.82, 2.24) is 28.6 Å². The first-order chi connectivity index (χ1) is 26.5. The van der Waals surface area contributed by atoms with Gasteiger partial charge in [-0.15, -0.1) is 0 Å². The average molecular weight is 801 g/mol. The van der Waals surface area contributed by atoms with Gasteiger partial charge in [0.05, 0.1) is 24.1 Å². The van der Waals surface area contributed by atoms with Crippen LogP contribution in [0, 0.1) is 0 Å². The van der Waals surface area contributed by atoms with Crippen LogP contribution in [0.5, 0.6) is 0 Å². The van der Waals surface area contributed by atoms with Gasteiger partial charge in [0.15, 0.2) is 5.82 Å². The molecule has 4 aromatic rings. The van der Waals surface area contributed by atoms with Crippen LogP contribution in [0.25, 0.3) is 28.2 Å². The molecule has 1 aliphatic heterocycles. The van der Waals surface area contributed by atoms with Gasteiger partial charge >= 0.3 is 6.09 Å². The molecule has 2 fully saturated rings. The number of nitrogens with zero attached hydrogens (tertiary/aromatic N) is 6. The van der Waals surface area contributed by atoms with Crippen molar-refractivity contribution in [2.45, 2.75) is 142 Å². The van der Waals surface area contributed by atoms with Crippen molar-refractivity contribution < 1.29 is 19.0 Å². The zero-order valence-corrected chi connectivity index (χ0v) is 37.3. The predicted molar refractivity (Wildman–Crippen MR) is 229 cm³/mol. The standard InChI is InChI=1S/C43H64N6O5Si2/c1-43(2,3)54-42(51)47-21-12-15-36(47)41-45-38(29-46(41)30-52-23-25-55(4,5)6)48-22-20-35(27-39(48)50)32-16-18-33(19-17-32)37-28-44-40(34-13-10-11-14-34)49(37)31-53-24-26-56(7,8)9/h16-20,22,27-29,34,36H,10-15,21,23-26,30-31H2,1-9H3/t36-/m0/s1. The number of benzene rings is 1. The summed E-state index contributed by atoms with van der Waals surface area (Å²) in [5.41, 5.74) is 3.12. The van der Waals surface area contributed by atoms with E-state index in [1.807, 2.05) is 43.8 Å². The Morgan fingerprint density at radius 1 is 0.821 bits per heavy atom. The van der Waals surface area contributed by atoms with Crippen LogP contribution < -0.4 is 5.56 Å². The molecule has 6 rings (SSSR count). The summed E-state index contributed by atoms with van der Waals surface area (Å²) in [6.45, 7) is 22.5. The molecule has 13 heteroatoms. The van der Waals surface area contributed by atoms with Crippen LogP contribution in [0.3, 0.4) is 0 Å². The second-order valence-corrected chi connectivity index (χ2v) is 30.3. The maximum atomic E-state index is 13.8. The number of amides is 1. The Balaban J connectivity index is 1.23. The van der Waals surface area contributed by atoms with Crippen molar-refractivity contribution in [1.29, 1.82) is 0 Å². The summed E-state index contributed by atoms with van der Waals surface area (Å²) in [6, 6.07) is 13.9. The van der Waals surface area contributed by atoms with Crippen LogP contribution >= 0.6 is 0 Å². The van der Waals surface area contributed by atoms with Gasteiger partial charge in [-0.2, -0.15) is 0 Å². The van der Waals surface area contributed by atoms with Gasteiger partial charge in [-0.1, -0.05) is 76.4 Å². The number of carbonyl (C=O) groups excluding carboxylic acids is 1. The van der Waals surface area contributed by atoms with E-state index in [-0.39, 0.29) is 24.4 Å². The highest BCUT2D eigenvalue weighted by Gasteiger charge is 2.36. The molecule has 11 nitrogen and oxygen atoms in total. The third-order valence-electron chi connectivity index (χ3n) is 10.7. The second kappa shape index (κ2) is 17.4. The van der Waals surface area contributed by atoms with E-state index in [4.69, 9.17) is 24.2 Å². The number of pyridine rings is 1. The molecule has 0 spiro atoms. The fourth-order valence-corrected chi connectivity index (χ4v) is 9.01. The zero-order valence-electron chi connectivity index (χ0n) is 35.3. The average Bonchev–Trinajstić information content (AvgIpc) is 3.94. The molecule has 3 aromatic heterocycles. The fourth-order valence-electron chi connectivity index (χ4n) is 7.50. The van der Waals surface area contributed by atoms with E-state index in [1.165, 1.54) is 25.7 Å². The van der Waals surface area contributed by atoms with Gasteiger partial charge in [0.2, 0.25) is 0 Å². The lowest BCUT2D eigenvalue weighted by atomic mass is 10.0. The lowest BCUT2D eigenvalue weighted by molar-refractivity contribution is 0.0204. The Hall–Kier alpha value is -3.79. The van der Waals surface area contributed by atoms with Crippen molar-refractivity contribution in [2.24, 2.45) is 0 Å². The molecular formula is C43H64N6O5Si2. The number of carbonyl (C=O) groups is 1. The molecule has 1 saturated carbocycles. The first-order valence-corrected chi connectivity index (χ1v) is 28.0. The summed E-state index contributed by atoms with van der Waals surface area (Å²) in [6.07, 6.45) is 11.7. The molecule has 1 atom stereocenters. The van der Waals surface area contributed by atoms with E-state index in [0.29, 0.717) is 37.4 Å². The van der Waals surface area contributed by atoms with Gasteiger partial charge in [0.1, 0.15) is 30.7 Å². The Morgan fingerprint density at radius 3 is 2.09 bits per heavy atom. The molecule has 0 N–H and O–H groups in total. The lowest BCUT2D eigenvalue weighted by Gasteiger charge is -2.28. The summed E-state index contributed by atoms with van der Waals surface area (Å²) in [4.78, 5) is 38.7. The minimum Gasteiger partial charge on any atom is -0.444 e. The summed E-state index contributed by atoms with van der Waals surface area (Å²) >= 11 is 0. The smallest absolute Gasteiger partial charge is 0.410 e. The van der Waals surface area contributed by atoms with Crippen LogP contribution in [0.15, 0.2) is 59.8 Å². The molecule has 304 valence electrons. The second-order valence-electron chi connectivity index (χ2n) is 19.1. The normalized spacial score (nSPS) is 16.9. The fraction of sp³-hybridized carbons (Fsp3) is 0.581. The summed E-state index contributed by atoms with van der Waals surface area (Å²) in [5.74, 6) is 2.80. The highest BCUT2D eigenvalue weighted by Crippen LogP contribution is 2.37. The highest BCUT2D eigenvalue weighted by molar-refractivity contribution is 6.76. The van der Waals surface area contributed by atoms with E-state index in [0.717, 1.165) is 59.7 Å². The lowest BCUT2D eigenvalue weighted by Crippen LogP contribution is -2.37. The third-order valence-corrected chi connectivity index (χ3v) is 14.1. The Morgan fingerprint density at radius 2 is 1.46 bits per heavy atom. The number of imidazole rings is 2. The Labute approximate surface area is 335 Å². The number of hydrogen-bond donors (Lipinski definition) is 0. The molecule has 1 aromatic carbocycles. The number of hydrogen-bond acceptors (Lipinski definition) is 7. The molecule has 0 radical (unpaired) electrons. The molecule has 1 saturated heterocycles. The molecule has 56 heavy (non-hydrogen) atoms. The van der Waals surface area contributed by atoms with Crippen molar-refractivity contribution in [3.8, 4) is 28.2 Å². The van der Waals surface area contributed by atoms with Gasteiger partial charge in [-0.05, 0) is 81.3 Å². The molecule has 2 aliphatic rings.